The predicted molar refractivity (Wildman–Crippen MR) is 68.7 cm³/mol. The molecule has 1 N–H and O–H groups in total. The molecule has 1 saturated heterocycles. The number of nitrogens with zero attached hydrogens (tertiary/aromatic N) is 2. The minimum Gasteiger partial charge on any atom is -0.396 e. The van der Waals surface area contributed by atoms with Gasteiger partial charge in [0, 0.05) is 32.8 Å². The molecule has 16 heavy (non-hydrogen) atoms. The van der Waals surface area contributed by atoms with Crippen molar-refractivity contribution in [2.45, 2.75) is 33.1 Å². The van der Waals surface area contributed by atoms with Crippen molar-refractivity contribution >= 4 is 0 Å². The van der Waals surface area contributed by atoms with E-state index in [4.69, 9.17) is 5.11 Å². The van der Waals surface area contributed by atoms with E-state index in [2.05, 4.69) is 23.6 Å². The van der Waals surface area contributed by atoms with Crippen molar-refractivity contribution in [2.75, 3.05) is 45.9 Å². The minimum atomic E-state index is 0.361. The van der Waals surface area contributed by atoms with Crippen LogP contribution in [-0.2, 0) is 0 Å². The molecule has 1 aliphatic heterocycles. The zero-order valence-electron chi connectivity index (χ0n) is 11.0. The zero-order valence-corrected chi connectivity index (χ0v) is 11.0. The first-order valence-electron chi connectivity index (χ1n) is 6.85. The molecule has 1 aliphatic rings. The van der Waals surface area contributed by atoms with Crippen molar-refractivity contribution in [3.63, 3.8) is 0 Å². The predicted octanol–water partition coefficient (Wildman–Crippen LogP) is 1.42. The van der Waals surface area contributed by atoms with Gasteiger partial charge in [0.05, 0.1) is 0 Å². The lowest BCUT2D eigenvalue weighted by atomic mass is 10.0. The summed E-state index contributed by atoms with van der Waals surface area (Å²) < 4.78 is 0. The summed E-state index contributed by atoms with van der Waals surface area (Å²) in [6.45, 7) is 12.1. The van der Waals surface area contributed by atoms with E-state index in [9.17, 15) is 0 Å². The largest absolute Gasteiger partial charge is 0.396 e. The molecule has 0 amide bonds. The molecular weight excluding hydrogens is 200 g/mol. The number of aliphatic hydroxyl groups excluding tert-OH is 1. The molecule has 1 heterocycles. The fourth-order valence-corrected chi connectivity index (χ4v) is 2.36. The smallest absolute Gasteiger partial charge is 0.0459 e. The number of piperazine rings is 1. The van der Waals surface area contributed by atoms with Gasteiger partial charge in [-0.05, 0) is 31.8 Å². The van der Waals surface area contributed by atoms with Crippen LogP contribution in [0.2, 0.25) is 0 Å². The standard InChI is InChI=1S/C13H28N2O/c1-3-13(12-16)6-5-7-15-10-8-14(4-2)9-11-15/h13,16H,3-12H2,1-2H3. The van der Waals surface area contributed by atoms with E-state index in [0.717, 1.165) is 6.42 Å². The average molecular weight is 228 g/mol. The van der Waals surface area contributed by atoms with Crippen LogP contribution in [0.25, 0.3) is 0 Å². The summed E-state index contributed by atoms with van der Waals surface area (Å²) in [4.78, 5) is 5.08. The van der Waals surface area contributed by atoms with Crippen LogP contribution in [0.3, 0.4) is 0 Å². The second-order valence-electron chi connectivity index (χ2n) is 4.87. The van der Waals surface area contributed by atoms with Crippen molar-refractivity contribution in [3.8, 4) is 0 Å². The minimum absolute atomic E-state index is 0.361. The Morgan fingerprint density at radius 1 is 1.06 bits per heavy atom. The summed E-state index contributed by atoms with van der Waals surface area (Å²) in [5.41, 5.74) is 0. The molecular formula is C13H28N2O. The maximum Gasteiger partial charge on any atom is 0.0459 e. The van der Waals surface area contributed by atoms with Gasteiger partial charge in [-0.1, -0.05) is 20.3 Å². The maximum atomic E-state index is 9.11. The highest BCUT2D eigenvalue weighted by Crippen LogP contribution is 2.11. The SMILES string of the molecule is CCC(CO)CCCN1CCN(CC)CC1. The molecule has 0 aromatic carbocycles. The lowest BCUT2D eigenvalue weighted by Gasteiger charge is -2.34. The normalized spacial score (nSPS) is 21.2. The third-order valence-corrected chi connectivity index (χ3v) is 3.83. The molecule has 0 radical (unpaired) electrons. The van der Waals surface area contributed by atoms with Gasteiger partial charge >= 0.3 is 0 Å². The number of likely N-dealkylation sites (N-methyl/N-ethyl adjacent to an activating group) is 1. The fourth-order valence-electron chi connectivity index (χ4n) is 2.36. The van der Waals surface area contributed by atoms with Crippen LogP contribution in [-0.4, -0.2) is 60.8 Å². The number of hydrogen-bond donors (Lipinski definition) is 1. The summed E-state index contributed by atoms with van der Waals surface area (Å²) in [6, 6.07) is 0. The lowest BCUT2D eigenvalue weighted by Crippen LogP contribution is -2.46. The molecule has 0 bridgehead atoms. The van der Waals surface area contributed by atoms with E-state index in [0.29, 0.717) is 12.5 Å². The number of aliphatic hydroxyl groups is 1. The topological polar surface area (TPSA) is 26.7 Å². The van der Waals surface area contributed by atoms with Gasteiger partial charge in [0.1, 0.15) is 0 Å². The van der Waals surface area contributed by atoms with E-state index in [1.165, 1.54) is 52.1 Å². The van der Waals surface area contributed by atoms with Gasteiger partial charge in [-0.2, -0.15) is 0 Å². The average Bonchev–Trinajstić information content (AvgIpc) is 2.35. The highest BCUT2D eigenvalue weighted by atomic mass is 16.3. The fraction of sp³-hybridized carbons (Fsp3) is 1.00. The molecule has 3 heteroatoms. The lowest BCUT2D eigenvalue weighted by molar-refractivity contribution is 0.131. The van der Waals surface area contributed by atoms with E-state index in [1.807, 2.05) is 0 Å². The van der Waals surface area contributed by atoms with E-state index < -0.39 is 0 Å². The molecule has 0 aliphatic carbocycles. The molecule has 1 rings (SSSR count). The van der Waals surface area contributed by atoms with Crippen molar-refractivity contribution < 1.29 is 5.11 Å². The highest BCUT2D eigenvalue weighted by molar-refractivity contribution is 4.71. The summed E-state index contributed by atoms with van der Waals surface area (Å²) in [7, 11) is 0. The molecule has 1 fully saturated rings. The number of hydrogen-bond acceptors (Lipinski definition) is 3. The molecule has 0 aromatic heterocycles. The third kappa shape index (κ3) is 4.81. The second-order valence-corrected chi connectivity index (χ2v) is 4.87. The van der Waals surface area contributed by atoms with Crippen LogP contribution in [0.1, 0.15) is 33.1 Å². The van der Waals surface area contributed by atoms with Crippen LogP contribution in [0.15, 0.2) is 0 Å². The summed E-state index contributed by atoms with van der Waals surface area (Å²) in [5.74, 6) is 0.525. The van der Waals surface area contributed by atoms with Gasteiger partial charge in [0.2, 0.25) is 0 Å². The van der Waals surface area contributed by atoms with Crippen LogP contribution in [0, 0.1) is 5.92 Å². The van der Waals surface area contributed by atoms with Gasteiger partial charge in [0.15, 0.2) is 0 Å². The zero-order chi connectivity index (χ0) is 11.8. The monoisotopic (exact) mass is 228 g/mol. The van der Waals surface area contributed by atoms with Crippen molar-refractivity contribution in [1.29, 1.82) is 0 Å². The first-order valence-corrected chi connectivity index (χ1v) is 6.85. The molecule has 0 spiro atoms. The molecule has 96 valence electrons. The van der Waals surface area contributed by atoms with Crippen LogP contribution in [0.5, 0.6) is 0 Å². The van der Waals surface area contributed by atoms with Gasteiger partial charge in [-0.25, -0.2) is 0 Å². The Labute approximate surface area is 100 Å². The molecule has 0 saturated carbocycles. The summed E-state index contributed by atoms with van der Waals surface area (Å²) in [5, 5.41) is 9.11. The number of rotatable bonds is 7. The summed E-state index contributed by atoms with van der Waals surface area (Å²) in [6.07, 6.45) is 3.53. The Balaban J connectivity index is 2.06. The van der Waals surface area contributed by atoms with Gasteiger partial charge in [-0.3, -0.25) is 0 Å². The second kappa shape index (κ2) is 8.04. The van der Waals surface area contributed by atoms with E-state index >= 15 is 0 Å². The summed E-state index contributed by atoms with van der Waals surface area (Å²) >= 11 is 0. The Kier molecular flexibility index (Phi) is 7.01. The van der Waals surface area contributed by atoms with Crippen molar-refractivity contribution in [3.05, 3.63) is 0 Å². The quantitative estimate of drug-likeness (QED) is 0.714. The maximum absolute atomic E-state index is 9.11. The van der Waals surface area contributed by atoms with Gasteiger partial charge in [0.25, 0.3) is 0 Å². The van der Waals surface area contributed by atoms with E-state index in [-0.39, 0.29) is 0 Å². The van der Waals surface area contributed by atoms with Crippen LogP contribution >= 0.6 is 0 Å². The molecule has 1 atom stereocenters. The van der Waals surface area contributed by atoms with Crippen molar-refractivity contribution in [2.24, 2.45) is 5.92 Å². The Morgan fingerprint density at radius 2 is 1.69 bits per heavy atom. The highest BCUT2D eigenvalue weighted by Gasteiger charge is 2.15. The van der Waals surface area contributed by atoms with Gasteiger partial charge in [-0.15, -0.1) is 0 Å². The molecule has 3 nitrogen and oxygen atoms in total. The Hall–Kier alpha value is -0.120. The Bertz CT molecular complexity index is 163. The van der Waals surface area contributed by atoms with Crippen molar-refractivity contribution in [1.82, 2.24) is 9.80 Å². The van der Waals surface area contributed by atoms with Gasteiger partial charge < -0.3 is 14.9 Å². The third-order valence-electron chi connectivity index (χ3n) is 3.83. The van der Waals surface area contributed by atoms with Crippen LogP contribution < -0.4 is 0 Å². The molecule has 0 aromatic rings. The Morgan fingerprint density at radius 3 is 2.19 bits per heavy atom. The molecule has 1 unspecified atom stereocenters. The van der Waals surface area contributed by atoms with Crippen LogP contribution in [0.4, 0.5) is 0 Å². The first-order chi connectivity index (χ1) is 7.80. The first kappa shape index (κ1) is 13.9. The van der Waals surface area contributed by atoms with E-state index in [1.54, 1.807) is 0 Å².